The molecule has 1 aliphatic heterocycles. The summed E-state index contributed by atoms with van der Waals surface area (Å²) in [5, 5.41) is 3.75. The lowest BCUT2D eigenvalue weighted by Gasteiger charge is -2.39. The molecule has 226 valence electrons. The maximum atomic E-state index is 13.7. The second-order valence-corrected chi connectivity index (χ2v) is 14.3. The van der Waals surface area contributed by atoms with Crippen LogP contribution in [0.15, 0.2) is 63.7 Å². The highest BCUT2D eigenvalue weighted by molar-refractivity contribution is 9.10. The molecule has 2 aliphatic carbocycles. The number of aromatic nitrogens is 1. The number of fused-ring (bicyclic) bond motifs is 2. The van der Waals surface area contributed by atoms with Gasteiger partial charge in [0.1, 0.15) is 6.61 Å². The van der Waals surface area contributed by atoms with Crippen molar-refractivity contribution in [2.45, 2.75) is 69.9 Å². The number of halogens is 3. The summed E-state index contributed by atoms with van der Waals surface area (Å²) in [5.74, 6) is 0.666. The van der Waals surface area contributed by atoms with Crippen LogP contribution in [-0.2, 0) is 29.0 Å². The smallest absolute Gasteiger partial charge is 0.407 e. The van der Waals surface area contributed by atoms with Gasteiger partial charge in [-0.25, -0.2) is 4.79 Å². The minimum atomic E-state index is -0.417. The Morgan fingerprint density at radius 2 is 1.77 bits per heavy atom. The van der Waals surface area contributed by atoms with Crippen LogP contribution in [0.2, 0.25) is 5.02 Å². The standard InChI is InChI=1S/C34H36Br2ClN3O3/c35-26-15-24-10-9-23-16-27(37)18-29(36)30(23)31(32(24)38-19-26)22-11-13-40(14-12-22)33(41)25-7-4-8-28(17-25)39-34(42)43-20-21-5-2-1-3-6-21/h1-3,5-6,15-16,18-19,22,25,28,31H,4,7-14,17,20H2,(H,39,42)/t25?,28?,31-/m1/s1. The third-order valence-electron chi connectivity index (χ3n) is 9.30. The van der Waals surface area contributed by atoms with Crippen molar-refractivity contribution in [3.8, 4) is 0 Å². The quantitative estimate of drug-likeness (QED) is 0.288. The van der Waals surface area contributed by atoms with Crippen LogP contribution in [0.25, 0.3) is 0 Å². The summed E-state index contributed by atoms with van der Waals surface area (Å²) in [4.78, 5) is 33.2. The molecule has 43 heavy (non-hydrogen) atoms. The molecule has 3 aliphatic rings. The number of alkyl carbamates (subject to hydrolysis) is 1. The summed E-state index contributed by atoms with van der Waals surface area (Å²) in [6.07, 6.45) is 8.49. The minimum absolute atomic E-state index is 0.0444. The summed E-state index contributed by atoms with van der Waals surface area (Å²) in [6, 6.07) is 15.9. The lowest BCUT2D eigenvalue weighted by atomic mass is 9.76. The molecule has 1 saturated carbocycles. The Morgan fingerprint density at radius 3 is 2.56 bits per heavy atom. The first kappa shape index (κ1) is 30.6. The molecule has 3 atom stereocenters. The number of nitrogens with zero attached hydrogens (tertiary/aromatic N) is 2. The van der Waals surface area contributed by atoms with Crippen LogP contribution in [0.1, 0.15) is 72.4 Å². The van der Waals surface area contributed by atoms with E-state index in [-0.39, 0.29) is 30.4 Å². The monoisotopic (exact) mass is 727 g/mol. The van der Waals surface area contributed by atoms with Gasteiger partial charge in [-0.3, -0.25) is 9.78 Å². The van der Waals surface area contributed by atoms with Crippen LogP contribution < -0.4 is 5.32 Å². The zero-order valence-electron chi connectivity index (χ0n) is 24.0. The summed E-state index contributed by atoms with van der Waals surface area (Å²) in [7, 11) is 0. The fourth-order valence-electron chi connectivity index (χ4n) is 7.22. The van der Waals surface area contributed by atoms with E-state index in [1.165, 1.54) is 16.7 Å². The van der Waals surface area contributed by atoms with Crippen molar-refractivity contribution >= 4 is 55.5 Å². The number of amides is 2. The van der Waals surface area contributed by atoms with E-state index in [0.29, 0.717) is 12.3 Å². The number of rotatable bonds is 5. The molecule has 1 N–H and O–H groups in total. The van der Waals surface area contributed by atoms with Crippen molar-refractivity contribution in [3.05, 3.63) is 96.6 Å². The number of ether oxygens (including phenoxy) is 1. The molecule has 6 rings (SSSR count). The lowest BCUT2D eigenvalue weighted by Crippen LogP contribution is -2.46. The van der Waals surface area contributed by atoms with Crippen molar-refractivity contribution in [2.24, 2.45) is 11.8 Å². The summed E-state index contributed by atoms with van der Waals surface area (Å²) < 4.78 is 7.47. The average molecular weight is 730 g/mol. The van der Waals surface area contributed by atoms with E-state index in [1.807, 2.05) is 42.6 Å². The third-order valence-corrected chi connectivity index (χ3v) is 10.6. The second-order valence-electron chi connectivity index (χ2n) is 12.1. The van der Waals surface area contributed by atoms with E-state index in [9.17, 15) is 9.59 Å². The van der Waals surface area contributed by atoms with Crippen LogP contribution in [0, 0.1) is 11.8 Å². The molecule has 0 spiro atoms. The number of nitrogens with one attached hydrogen (secondary N) is 1. The van der Waals surface area contributed by atoms with Gasteiger partial charge in [0, 0.05) is 51.1 Å². The van der Waals surface area contributed by atoms with E-state index >= 15 is 0 Å². The number of pyridine rings is 1. The SMILES string of the molecule is O=C(NC1CCCC(C(=O)N2CCC([C@H]3c4ncc(Br)cc4CCc4cc(Cl)cc(Br)c43)CC2)C1)OCc1ccccc1. The highest BCUT2D eigenvalue weighted by Gasteiger charge is 2.38. The zero-order valence-corrected chi connectivity index (χ0v) is 28.0. The van der Waals surface area contributed by atoms with Gasteiger partial charge in [-0.15, -0.1) is 0 Å². The molecule has 2 amide bonds. The van der Waals surface area contributed by atoms with Crippen molar-refractivity contribution in [2.75, 3.05) is 13.1 Å². The Labute approximate surface area is 275 Å². The Bertz CT molecular complexity index is 1480. The summed E-state index contributed by atoms with van der Waals surface area (Å²) >= 11 is 14.0. The fourth-order valence-corrected chi connectivity index (χ4v) is 8.72. The maximum absolute atomic E-state index is 13.7. The normalized spacial score (nSPS) is 22.2. The van der Waals surface area contributed by atoms with Crippen LogP contribution >= 0.6 is 43.5 Å². The molecule has 2 aromatic carbocycles. The number of benzene rings is 2. The second kappa shape index (κ2) is 13.7. The van der Waals surface area contributed by atoms with E-state index in [2.05, 4.69) is 54.2 Å². The highest BCUT2D eigenvalue weighted by atomic mass is 79.9. The predicted molar refractivity (Wildman–Crippen MR) is 175 cm³/mol. The molecule has 0 radical (unpaired) electrons. The van der Waals surface area contributed by atoms with Gasteiger partial charge >= 0.3 is 6.09 Å². The Morgan fingerprint density at radius 1 is 1.00 bits per heavy atom. The van der Waals surface area contributed by atoms with E-state index in [0.717, 1.165) is 83.3 Å². The Balaban J connectivity index is 1.09. The van der Waals surface area contributed by atoms with Gasteiger partial charge < -0.3 is 15.0 Å². The molecule has 2 heterocycles. The topological polar surface area (TPSA) is 71.5 Å². The van der Waals surface area contributed by atoms with E-state index in [4.69, 9.17) is 21.3 Å². The molecule has 1 saturated heterocycles. The van der Waals surface area contributed by atoms with Gasteiger partial charge in [0.15, 0.2) is 0 Å². The number of carbonyl (C=O) groups excluding carboxylic acids is 2. The number of carbonyl (C=O) groups is 2. The van der Waals surface area contributed by atoms with Crippen molar-refractivity contribution in [1.29, 1.82) is 0 Å². The predicted octanol–water partition coefficient (Wildman–Crippen LogP) is 8.21. The number of aryl methyl sites for hydroxylation is 2. The van der Waals surface area contributed by atoms with Crippen LogP contribution in [0.3, 0.4) is 0 Å². The summed E-state index contributed by atoms with van der Waals surface area (Å²) in [6.45, 7) is 1.71. The molecule has 9 heteroatoms. The van der Waals surface area contributed by atoms with Gasteiger partial charge in [-0.1, -0.05) is 64.3 Å². The molecule has 2 fully saturated rings. The van der Waals surface area contributed by atoms with E-state index in [1.54, 1.807) is 0 Å². The molecular weight excluding hydrogens is 694 g/mol. The number of hydrogen-bond acceptors (Lipinski definition) is 4. The highest BCUT2D eigenvalue weighted by Crippen LogP contribution is 2.46. The van der Waals surface area contributed by atoms with Crippen LogP contribution in [0.5, 0.6) is 0 Å². The number of piperidine rings is 1. The third kappa shape index (κ3) is 7.12. The molecule has 1 aromatic heterocycles. The Kier molecular flexibility index (Phi) is 9.75. The van der Waals surface area contributed by atoms with Crippen molar-refractivity contribution in [1.82, 2.24) is 15.2 Å². The van der Waals surface area contributed by atoms with Gasteiger partial charge in [-0.05, 0) is 107 Å². The van der Waals surface area contributed by atoms with E-state index < -0.39 is 6.09 Å². The number of likely N-dealkylation sites (tertiary alicyclic amines) is 1. The first-order chi connectivity index (χ1) is 20.9. The molecule has 6 nitrogen and oxygen atoms in total. The van der Waals surface area contributed by atoms with Crippen molar-refractivity contribution < 1.29 is 14.3 Å². The molecule has 3 aromatic rings. The lowest BCUT2D eigenvalue weighted by molar-refractivity contribution is -0.138. The van der Waals surface area contributed by atoms with Crippen LogP contribution in [-0.4, -0.2) is 41.0 Å². The summed E-state index contributed by atoms with van der Waals surface area (Å²) in [5.41, 5.74) is 5.95. The average Bonchev–Trinajstić information content (AvgIpc) is 3.17. The largest absolute Gasteiger partial charge is 0.445 e. The minimum Gasteiger partial charge on any atom is -0.445 e. The number of hydrogen-bond donors (Lipinski definition) is 1. The molecule has 2 unspecified atom stereocenters. The first-order valence-corrected chi connectivity index (χ1v) is 17.2. The zero-order chi connectivity index (χ0) is 29.9. The van der Waals surface area contributed by atoms with Gasteiger partial charge in [0.25, 0.3) is 0 Å². The maximum Gasteiger partial charge on any atom is 0.407 e. The van der Waals surface area contributed by atoms with Crippen molar-refractivity contribution in [3.63, 3.8) is 0 Å². The molecule has 0 bridgehead atoms. The fraction of sp³-hybridized carbons (Fsp3) is 0.441. The first-order valence-electron chi connectivity index (χ1n) is 15.2. The van der Waals surface area contributed by atoms with Gasteiger partial charge in [0.05, 0.1) is 5.69 Å². The van der Waals surface area contributed by atoms with Gasteiger partial charge in [-0.2, -0.15) is 0 Å². The van der Waals surface area contributed by atoms with Gasteiger partial charge in [0.2, 0.25) is 5.91 Å². The Hall–Kier alpha value is -2.42. The molecular formula is C34H36Br2ClN3O3. The van der Waals surface area contributed by atoms with Crippen LogP contribution in [0.4, 0.5) is 4.79 Å².